The molecule has 2 heterocycles. The molecule has 0 atom stereocenters. The molecule has 1 amide bonds. The number of amides is 1. The van der Waals surface area contributed by atoms with Gasteiger partial charge in [-0.15, -0.1) is 0 Å². The highest BCUT2D eigenvalue weighted by Crippen LogP contribution is 2.27. The summed E-state index contributed by atoms with van der Waals surface area (Å²) in [6.07, 6.45) is 2.56. The number of carboxylic acids is 2. The number of fused-ring (bicyclic) bond motifs is 1. The average Bonchev–Trinajstić information content (AvgIpc) is 2.82. The predicted octanol–water partition coefficient (Wildman–Crippen LogP) is 2.64. The van der Waals surface area contributed by atoms with Crippen molar-refractivity contribution in [2.45, 2.75) is 26.2 Å². The van der Waals surface area contributed by atoms with E-state index in [4.69, 9.17) is 19.8 Å². The van der Waals surface area contributed by atoms with Crippen LogP contribution in [0.15, 0.2) is 48.5 Å². The third-order valence-corrected chi connectivity index (χ3v) is 6.00. The fourth-order valence-corrected chi connectivity index (χ4v) is 4.18. The number of benzene rings is 2. The number of hydrogen-bond acceptors (Lipinski definition) is 5. The minimum Gasteiger partial charge on any atom is -0.473 e. The number of para-hydroxylation sites is 1. The van der Waals surface area contributed by atoms with Crippen molar-refractivity contribution in [2.75, 3.05) is 49.1 Å². The molecule has 0 unspecified atom stereocenters. The first kappa shape index (κ1) is 24.3. The molecule has 0 aliphatic carbocycles. The summed E-state index contributed by atoms with van der Waals surface area (Å²) in [7, 11) is 0. The fraction of sp³-hybridized carbons (Fsp3) is 0.400. The summed E-state index contributed by atoms with van der Waals surface area (Å²) >= 11 is 0. The number of piperazine rings is 1. The van der Waals surface area contributed by atoms with E-state index in [1.54, 1.807) is 0 Å². The minimum atomic E-state index is -1.82. The fourth-order valence-electron chi connectivity index (χ4n) is 4.18. The lowest BCUT2D eigenvalue weighted by atomic mass is 10.0. The maximum atomic E-state index is 12.4. The summed E-state index contributed by atoms with van der Waals surface area (Å²) in [5, 5.41) is 14.8. The number of nitrogens with zero attached hydrogens (tertiary/aromatic N) is 3. The first-order valence-electron chi connectivity index (χ1n) is 11.2. The summed E-state index contributed by atoms with van der Waals surface area (Å²) in [6.45, 7) is 8.37. The molecule has 2 aliphatic heterocycles. The summed E-state index contributed by atoms with van der Waals surface area (Å²) in [4.78, 5) is 37.6. The van der Waals surface area contributed by atoms with Crippen molar-refractivity contribution >= 4 is 29.2 Å². The summed E-state index contributed by atoms with van der Waals surface area (Å²) in [5.74, 6) is -3.37. The normalized spacial score (nSPS) is 16.0. The Morgan fingerprint density at radius 3 is 2.12 bits per heavy atom. The Morgan fingerprint density at radius 1 is 0.848 bits per heavy atom. The quantitative estimate of drug-likeness (QED) is 0.671. The van der Waals surface area contributed by atoms with Gasteiger partial charge in [-0.1, -0.05) is 35.9 Å². The van der Waals surface area contributed by atoms with Gasteiger partial charge >= 0.3 is 11.9 Å². The molecule has 0 radical (unpaired) electrons. The number of carbonyl (C=O) groups excluding carboxylic acids is 1. The van der Waals surface area contributed by atoms with Gasteiger partial charge in [-0.25, -0.2) is 9.59 Å². The van der Waals surface area contributed by atoms with Crippen molar-refractivity contribution in [1.82, 2.24) is 4.90 Å². The first-order chi connectivity index (χ1) is 15.8. The van der Waals surface area contributed by atoms with Crippen LogP contribution in [0.2, 0.25) is 0 Å². The van der Waals surface area contributed by atoms with E-state index in [1.165, 1.54) is 16.8 Å². The molecule has 2 N–H and O–H groups in total. The van der Waals surface area contributed by atoms with Crippen LogP contribution in [0.4, 0.5) is 11.4 Å². The molecule has 8 heteroatoms. The van der Waals surface area contributed by atoms with Crippen molar-refractivity contribution in [1.29, 1.82) is 0 Å². The molecule has 8 nitrogen and oxygen atoms in total. The first-order valence-corrected chi connectivity index (χ1v) is 11.2. The Morgan fingerprint density at radius 2 is 1.48 bits per heavy atom. The van der Waals surface area contributed by atoms with Crippen LogP contribution in [0, 0.1) is 6.92 Å². The van der Waals surface area contributed by atoms with Gasteiger partial charge in [0.2, 0.25) is 5.91 Å². The van der Waals surface area contributed by atoms with E-state index in [-0.39, 0.29) is 5.91 Å². The molecule has 0 bridgehead atoms. The van der Waals surface area contributed by atoms with Gasteiger partial charge in [-0.3, -0.25) is 9.69 Å². The van der Waals surface area contributed by atoms with Crippen molar-refractivity contribution in [3.05, 3.63) is 59.7 Å². The summed E-state index contributed by atoms with van der Waals surface area (Å²) < 4.78 is 0. The van der Waals surface area contributed by atoms with Gasteiger partial charge in [-0.2, -0.15) is 0 Å². The van der Waals surface area contributed by atoms with Crippen LogP contribution in [-0.4, -0.2) is 72.2 Å². The van der Waals surface area contributed by atoms with E-state index >= 15 is 0 Å². The minimum absolute atomic E-state index is 0.276. The van der Waals surface area contributed by atoms with Crippen LogP contribution in [0.5, 0.6) is 0 Å². The number of carbonyl (C=O) groups is 3. The van der Waals surface area contributed by atoms with E-state index in [0.29, 0.717) is 6.42 Å². The molecule has 1 fully saturated rings. The summed E-state index contributed by atoms with van der Waals surface area (Å²) in [6, 6.07) is 17.2. The lowest BCUT2D eigenvalue weighted by Gasteiger charge is -2.36. The Hall–Kier alpha value is -3.39. The van der Waals surface area contributed by atoms with Crippen LogP contribution < -0.4 is 9.80 Å². The highest BCUT2D eigenvalue weighted by Gasteiger charge is 2.24. The topological polar surface area (TPSA) is 101 Å². The standard InChI is InChI=1S/C23H29N3O.C2H2O4/c1-19-7-10-21(11-8-19)25-17-15-24(16-18-25)13-4-14-26-22-6-3-2-5-20(22)9-12-23(26)27;3-1(4)2(5)6/h2-3,5-8,10-11H,4,9,12-18H2,1H3;(H,3,4)(H,5,6). The van der Waals surface area contributed by atoms with Gasteiger partial charge in [0.15, 0.2) is 0 Å². The molecule has 0 saturated carbocycles. The van der Waals surface area contributed by atoms with Crippen LogP contribution in [-0.2, 0) is 20.8 Å². The lowest BCUT2D eigenvalue weighted by molar-refractivity contribution is -0.159. The van der Waals surface area contributed by atoms with Gasteiger partial charge in [0, 0.05) is 50.5 Å². The van der Waals surface area contributed by atoms with Gasteiger partial charge in [0.25, 0.3) is 0 Å². The van der Waals surface area contributed by atoms with E-state index in [9.17, 15) is 4.79 Å². The second-order valence-electron chi connectivity index (χ2n) is 8.30. The Bertz CT molecular complexity index is 956. The maximum Gasteiger partial charge on any atom is 0.414 e. The molecular formula is C25H31N3O5. The smallest absolute Gasteiger partial charge is 0.414 e. The largest absolute Gasteiger partial charge is 0.473 e. The van der Waals surface area contributed by atoms with Crippen LogP contribution in [0.1, 0.15) is 24.0 Å². The monoisotopic (exact) mass is 453 g/mol. The van der Waals surface area contributed by atoms with Crippen LogP contribution in [0.25, 0.3) is 0 Å². The lowest BCUT2D eigenvalue weighted by Crippen LogP contribution is -2.47. The number of aliphatic carboxylic acids is 2. The second-order valence-corrected chi connectivity index (χ2v) is 8.30. The number of anilines is 2. The van der Waals surface area contributed by atoms with Crippen molar-refractivity contribution in [2.24, 2.45) is 0 Å². The number of carboxylic acid groups (broad SMARTS) is 2. The van der Waals surface area contributed by atoms with Crippen LogP contribution >= 0.6 is 0 Å². The molecule has 2 aromatic carbocycles. The van der Waals surface area contributed by atoms with E-state index < -0.39 is 11.9 Å². The number of rotatable bonds is 5. The molecule has 0 aromatic heterocycles. The maximum absolute atomic E-state index is 12.4. The third-order valence-electron chi connectivity index (χ3n) is 6.00. The van der Waals surface area contributed by atoms with Crippen LogP contribution in [0.3, 0.4) is 0 Å². The molecular weight excluding hydrogens is 422 g/mol. The zero-order valence-corrected chi connectivity index (χ0v) is 18.9. The SMILES string of the molecule is Cc1ccc(N2CCN(CCCN3C(=O)CCc4ccccc43)CC2)cc1.O=C(O)C(=O)O. The van der Waals surface area contributed by atoms with E-state index in [2.05, 4.69) is 59.2 Å². The van der Waals surface area contributed by atoms with Gasteiger partial charge in [-0.05, 0) is 50.1 Å². The second kappa shape index (κ2) is 11.5. The molecule has 2 aliphatic rings. The van der Waals surface area contributed by atoms with Gasteiger partial charge in [0.1, 0.15) is 0 Å². The Balaban J connectivity index is 0.000000454. The number of hydrogen-bond donors (Lipinski definition) is 2. The molecule has 0 spiro atoms. The molecule has 33 heavy (non-hydrogen) atoms. The van der Waals surface area contributed by atoms with Crippen molar-refractivity contribution in [3.8, 4) is 0 Å². The van der Waals surface area contributed by atoms with Gasteiger partial charge < -0.3 is 20.0 Å². The third kappa shape index (κ3) is 6.79. The van der Waals surface area contributed by atoms with E-state index in [0.717, 1.165) is 57.8 Å². The van der Waals surface area contributed by atoms with Crippen molar-refractivity contribution in [3.63, 3.8) is 0 Å². The Kier molecular flexibility index (Phi) is 8.43. The molecule has 4 rings (SSSR count). The Labute approximate surface area is 194 Å². The molecule has 2 aromatic rings. The van der Waals surface area contributed by atoms with Gasteiger partial charge in [0.05, 0.1) is 0 Å². The predicted molar refractivity (Wildman–Crippen MR) is 127 cm³/mol. The zero-order valence-electron chi connectivity index (χ0n) is 18.9. The van der Waals surface area contributed by atoms with E-state index in [1.807, 2.05) is 11.0 Å². The number of aryl methyl sites for hydroxylation is 2. The summed E-state index contributed by atoms with van der Waals surface area (Å²) in [5.41, 5.74) is 5.07. The highest BCUT2D eigenvalue weighted by atomic mass is 16.4. The average molecular weight is 454 g/mol. The highest BCUT2D eigenvalue weighted by molar-refractivity contribution is 6.27. The zero-order chi connectivity index (χ0) is 23.8. The molecule has 1 saturated heterocycles. The van der Waals surface area contributed by atoms with Crippen molar-refractivity contribution < 1.29 is 24.6 Å². The molecule has 176 valence electrons.